The second-order valence-corrected chi connectivity index (χ2v) is 8.34. The highest BCUT2D eigenvalue weighted by Gasteiger charge is 2.28. The van der Waals surface area contributed by atoms with Gasteiger partial charge in [-0.05, 0) is 40.4 Å². The molecule has 0 aliphatic carbocycles. The summed E-state index contributed by atoms with van der Waals surface area (Å²) >= 11 is 0. The number of hydrogen-bond donors (Lipinski definition) is 0. The fourth-order valence-electron chi connectivity index (χ4n) is 2.80. The molecular formula is C18H28O. The van der Waals surface area contributed by atoms with Gasteiger partial charge in [-0.1, -0.05) is 59.7 Å². The highest BCUT2D eigenvalue weighted by molar-refractivity contribution is 5.36. The van der Waals surface area contributed by atoms with Crippen LogP contribution >= 0.6 is 0 Å². The van der Waals surface area contributed by atoms with Crippen molar-refractivity contribution >= 4 is 0 Å². The van der Waals surface area contributed by atoms with Crippen LogP contribution in [0.2, 0.25) is 0 Å². The van der Waals surface area contributed by atoms with Crippen LogP contribution in [0.3, 0.4) is 0 Å². The molecule has 19 heavy (non-hydrogen) atoms. The first-order valence-corrected chi connectivity index (χ1v) is 7.37. The van der Waals surface area contributed by atoms with E-state index in [9.17, 15) is 0 Å². The summed E-state index contributed by atoms with van der Waals surface area (Å²) in [6.45, 7) is 14.5. The number of fused-ring (bicyclic) bond motifs is 1. The molecule has 1 aromatic carbocycles. The smallest absolute Gasteiger partial charge is 0.0838 e. The van der Waals surface area contributed by atoms with Crippen molar-refractivity contribution < 1.29 is 4.74 Å². The first kappa shape index (κ1) is 14.6. The lowest BCUT2D eigenvalue weighted by atomic mass is 9.84. The molecule has 106 valence electrons. The second kappa shape index (κ2) is 4.94. The molecular weight excluding hydrogens is 232 g/mol. The van der Waals surface area contributed by atoms with E-state index >= 15 is 0 Å². The Hall–Kier alpha value is -0.820. The van der Waals surface area contributed by atoms with E-state index in [1.807, 2.05) is 0 Å². The summed E-state index contributed by atoms with van der Waals surface area (Å²) in [4.78, 5) is 0. The summed E-state index contributed by atoms with van der Waals surface area (Å²) < 4.78 is 5.98. The molecule has 0 radical (unpaired) electrons. The molecule has 0 saturated heterocycles. The van der Waals surface area contributed by atoms with Crippen molar-refractivity contribution in [2.24, 2.45) is 10.8 Å². The summed E-state index contributed by atoms with van der Waals surface area (Å²) in [6.07, 6.45) is 2.51. The van der Waals surface area contributed by atoms with Crippen LogP contribution in [0.15, 0.2) is 18.2 Å². The molecule has 0 aromatic heterocycles. The topological polar surface area (TPSA) is 9.23 Å². The van der Waals surface area contributed by atoms with Crippen molar-refractivity contribution in [1.82, 2.24) is 0 Å². The monoisotopic (exact) mass is 260 g/mol. The third kappa shape index (κ3) is 4.07. The van der Waals surface area contributed by atoms with Gasteiger partial charge in [0.2, 0.25) is 0 Å². The quantitative estimate of drug-likeness (QED) is 0.702. The molecule has 0 saturated carbocycles. The Morgan fingerprint density at radius 3 is 2.32 bits per heavy atom. The minimum absolute atomic E-state index is 0.287. The normalized spacial score (nSPS) is 19.6. The van der Waals surface area contributed by atoms with Crippen LogP contribution < -0.4 is 0 Å². The van der Waals surface area contributed by atoms with Gasteiger partial charge in [-0.15, -0.1) is 0 Å². The standard InChI is InChI=1S/C18H28O/c1-17(2,3)10-13-7-8-14-12-19-16(15(14)9-13)11-18(4,5)6/h7-9,16H,10-12H2,1-6H3. The maximum Gasteiger partial charge on any atom is 0.0838 e. The summed E-state index contributed by atoms with van der Waals surface area (Å²) in [7, 11) is 0. The van der Waals surface area contributed by atoms with Gasteiger partial charge in [0, 0.05) is 0 Å². The van der Waals surface area contributed by atoms with Crippen LogP contribution in [-0.2, 0) is 17.8 Å². The van der Waals surface area contributed by atoms with Gasteiger partial charge in [0.1, 0.15) is 0 Å². The first-order valence-electron chi connectivity index (χ1n) is 7.37. The largest absolute Gasteiger partial charge is 0.369 e. The van der Waals surface area contributed by atoms with Crippen molar-refractivity contribution in [3.8, 4) is 0 Å². The Morgan fingerprint density at radius 1 is 1.05 bits per heavy atom. The van der Waals surface area contributed by atoms with E-state index in [2.05, 4.69) is 59.7 Å². The van der Waals surface area contributed by atoms with E-state index in [0.717, 1.165) is 19.4 Å². The van der Waals surface area contributed by atoms with Gasteiger partial charge in [-0.25, -0.2) is 0 Å². The summed E-state index contributed by atoms with van der Waals surface area (Å²) in [6, 6.07) is 6.91. The first-order chi connectivity index (χ1) is 8.64. The predicted octanol–water partition coefficient (Wildman–Crippen LogP) is 5.28. The van der Waals surface area contributed by atoms with Crippen LogP contribution in [0.5, 0.6) is 0 Å². The Kier molecular flexibility index (Phi) is 3.79. The Balaban J connectivity index is 2.21. The van der Waals surface area contributed by atoms with E-state index in [0.29, 0.717) is 10.8 Å². The van der Waals surface area contributed by atoms with E-state index < -0.39 is 0 Å². The fourth-order valence-corrected chi connectivity index (χ4v) is 2.80. The van der Waals surface area contributed by atoms with E-state index in [4.69, 9.17) is 4.74 Å². The molecule has 1 heteroatoms. The molecule has 1 nitrogen and oxygen atoms in total. The maximum absolute atomic E-state index is 5.98. The highest BCUT2D eigenvalue weighted by Crippen LogP contribution is 2.39. The van der Waals surface area contributed by atoms with Gasteiger partial charge in [0.25, 0.3) is 0 Å². The number of benzene rings is 1. The van der Waals surface area contributed by atoms with Gasteiger partial charge >= 0.3 is 0 Å². The molecule has 1 aliphatic rings. The average Bonchev–Trinajstić information content (AvgIpc) is 2.56. The van der Waals surface area contributed by atoms with Crippen molar-refractivity contribution in [1.29, 1.82) is 0 Å². The second-order valence-electron chi connectivity index (χ2n) is 8.34. The third-order valence-corrected chi connectivity index (χ3v) is 3.53. The Bertz CT molecular complexity index is 446. The van der Waals surface area contributed by atoms with Gasteiger partial charge in [-0.2, -0.15) is 0 Å². The number of rotatable bonds is 2. The molecule has 0 N–H and O–H groups in total. The molecule has 1 heterocycles. The van der Waals surface area contributed by atoms with Crippen molar-refractivity contribution in [2.45, 2.75) is 67.1 Å². The van der Waals surface area contributed by atoms with E-state index in [1.165, 1.54) is 16.7 Å². The summed E-state index contributed by atoms with van der Waals surface area (Å²) in [5, 5.41) is 0. The lowest BCUT2D eigenvalue weighted by Crippen LogP contribution is -2.12. The lowest BCUT2D eigenvalue weighted by Gasteiger charge is -2.24. The van der Waals surface area contributed by atoms with Crippen molar-refractivity contribution in [2.75, 3.05) is 0 Å². The van der Waals surface area contributed by atoms with Crippen molar-refractivity contribution in [3.05, 3.63) is 34.9 Å². The minimum atomic E-state index is 0.287. The van der Waals surface area contributed by atoms with Gasteiger partial charge in [0.15, 0.2) is 0 Å². The van der Waals surface area contributed by atoms with Crippen LogP contribution in [0, 0.1) is 10.8 Å². The van der Waals surface area contributed by atoms with Crippen molar-refractivity contribution in [3.63, 3.8) is 0 Å². The molecule has 1 aliphatic heterocycles. The molecule has 0 spiro atoms. The third-order valence-electron chi connectivity index (χ3n) is 3.53. The molecule has 2 rings (SSSR count). The number of hydrogen-bond acceptors (Lipinski definition) is 1. The molecule has 0 bridgehead atoms. The predicted molar refractivity (Wildman–Crippen MR) is 81.2 cm³/mol. The molecule has 1 aromatic rings. The number of ether oxygens (including phenoxy) is 1. The van der Waals surface area contributed by atoms with E-state index in [1.54, 1.807) is 0 Å². The fraction of sp³-hybridized carbons (Fsp3) is 0.667. The van der Waals surface area contributed by atoms with Gasteiger partial charge < -0.3 is 4.74 Å². The average molecular weight is 260 g/mol. The van der Waals surface area contributed by atoms with Crippen LogP contribution in [0.4, 0.5) is 0 Å². The minimum Gasteiger partial charge on any atom is -0.369 e. The molecule has 0 fully saturated rings. The SMILES string of the molecule is CC(C)(C)Cc1ccc2c(c1)C(CC(C)(C)C)OC2. The zero-order chi connectivity index (χ0) is 14.3. The zero-order valence-corrected chi connectivity index (χ0v) is 13.3. The van der Waals surface area contributed by atoms with Gasteiger partial charge in [-0.3, -0.25) is 0 Å². The van der Waals surface area contributed by atoms with Gasteiger partial charge in [0.05, 0.1) is 12.7 Å². The molecule has 1 unspecified atom stereocenters. The van der Waals surface area contributed by atoms with Crippen LogP contribution in [0.25, 0.3) is 0 Å². The zero-order valence-electron chi connectivity index (χ0n) is 13.3. The summed E-state index contributed by atoms with van der Waals surface area (Å²) in [5.74, 6) is 0. The molecule has 0 amide bonds. The highest BCUT2D eigenvalue weighted by atomic mass is 16.5. The lowest BCUT2D eigenvalue weighted by molar-refractivity contribution is 0.0369. The maximum atomic E-state index is 5.98. The van der Waals surface area contributed by atoms with Crippen LogP contribution in [0.1, 0.15) is 70.8 Å². The van der Waals surface area contributed by atoms with Crippen LogP contribution in [-0.4, -0.2) is 0 Å². The Labute approximate surface area is 118 Å². The molecule has 1 atom stereocenters. The Morgan fingerprint density at radius 2 is 1.74 bits per heavy atom. The van der Waals surface area contributed by atoms with E-state index in [-0.39, 0.29) is 6.10 Å². The summed E-state index contributed by atoms with van der Waals surface area (Å²) in [5.41, 5.74) is 4.90.